The van der Waals surface area contributed by atoms with Gasteiger partial charge in [0.05, 0.1) is 18.2 Å². The number of H-pyrrole nitrogens is 1. The third-order valence-corrected chi connectivity index (χ3v) is 4.40. The van der Waals surface area contributed by atoms with Crippen molar-refractivity contribution in [3.63, 3.8) is 0 Å². The maximum absolute atomic E-state index is 12.0. The van der Waals surface area contributed by atoms with Crippen LogP contribution in [0.5, 0.6) is 5.75 Å². The highest BCUT2D eigenvalue weighted by molar-refractivity contribution is 5.90. The number of hydrogen-bond acceptors (Lipinski definition) is 4. The maximum Gasteiger partial charge on any atom is 0.348 e. The first kappa shape index (κ1) is 15.1. The van der Waals surface area contributed by atoms with Crippen molar-refractivity contribution in [2.24, 2.45) is 0 Å². The molecule has 0 aliphatic rings. The van der Waals surface area contributed by atoms with E-state index in [0.717, 1.165) is 33.9 Å². The Morgan fingerprint density at radius 1 is 1.12 bits per heavy atom. The summed E-state index contributed by atoms with van der Waals surface area (Å²) >= 11 is 0. The molecule has 0 aliphatic heterocycles. The molecular weight excluding hydrogens is 318 g/mol. The zero-order chi connectivity index (χ0) is 17.6. The predicted molar refractivity (Wildman–Crippen MR) is 95.4 cm³/mol. The minimum Gasteiger partial charge on any atom is -0.496 e. The lowest BCUT2D eigenvalue weighted by molar-refractivity contribution is 0.112. The molecule has 25 heavy (non-hydrogen) atoms. The minimum atomic E-state index is -0.263. The smallest absolute Gasteiger partial charge is 0.348 e. The average Bonchev–Trinajstić information content (AvgIpc) is 3.01. The van der Waals surface area contributed by atoms with Gasteiger partial charge in [-0.15, -0.1) is 0 Å². The van der Waals surface area contributed by atoms with Gasteiger partial charge in [-0.25, -0.2) is 14.3 Å². The lowest BCUT2D eigenvalue weighted by atomic mass is 9.99. The number of aryl methyl sites for hydroxylation is 1. The maximum atomic E-state index is 12.0. The molecule has 2 aromatic carbocycles. The molecular formula is C19H15N3O3. The van der Waals surface area contributed by atoms with Gasteiger partial charge in [0.15, 0.2) is 11.9 Å². The van der Waals surface area contributed by atoms with Crippen LogP contribution in [0.2, 0.25) is 0 Å². The number of aromatic nitrogens is 3. The van der Waals surface area contributed by atoms with Crippen LogP contribution >= 0.6 is 0 Å². The Hall–Kier alpha value is -3.41. The third kappa shape index (κ3) is 2.30. The number of hydrogen-bond donors (Lipinski definition) is 1. The van der Waals surface area contributed by atoms with Crippen LogP contribution in [0.4, 0.5) is 0 Å². The fourth-order valence-corrected chi connectivity index (χ4v) is 3.14. The molecule has 1 N–H and O–H groups in total. The molecule has 0 saturated carbocycles. The van der Waals surface area contributed by atoms with E-state index >= 15 is 0 Å². The SMILES string of the molecule is COc1ccc(-c2ccc3c(c2)c(C)cc2n[nH]c(=O)n23)cc1C=O. The Morgan fingerprint density at radius 3 is 2.64 bits per heavy atom. The van der Waals surface area contributed by atoms with E-state index in [9.17, 15) is 9.59 Å². The Kier molecular flexibility index (Phi) is 3.39. The highest BCUT2D eigenvalue weighted by Gasteiger charge is 2.10. The topological polar surface area (TPSA) is 76.5 Å². The number of benzene rings is 2. The molecule has 0 atom stereocenters. The first-order valence-corrected chi connectivity index (χ1v) is 7.76. The number of fused-ring (bicyclic) bond motifs is 3. The van der Waals surface area contributed by atoms with Crippen molar-refractivity contribution in [3.05, 3.63) is 64.1 Å². The number of aldehydes is 1. The molecule has 6 nitrogen and oxygen atoms in total. The molecule has 0 aliphatic carbocycles. The van der Waals surface area contributed by atoms with E-state index in [1.54, 1.807) is 16.5 Å². The summed E-state index contributed by atoms with van der Waals surface area (Å²) in [7, 11) is 1.54. The van der Waals surface area contributed by atoms with Crippen LogP contribution in [0.3, 0.4) is 0 Å². The van der Waals surface area contributed by atoms with E-state index in [1.165, 1.54) is 7.11 Å². The summed E-state index contributed by atoms with van der Waals surface area (Å²) in [5.41, 5.74) is 4.50. The number of aromatic amines is 1. The van der Waals surface area contributed by atoms with Gasteiger partial charge in [-0.2, -0.15) is 5.10 Å². The van der Waals surface area contributed by atoms with Crippen molar-refractivity contribution in [1.82, 2.24) is 14.6 Å². The van der Waals surface area contributed by atoms with Crippen LogP contribution in [0.25, 0.3) is 27.7 Å². The molecule has 124 valence electrons. The number of methoxy groups -OCH3 is 1. The third-order valence-electron chi connectivity index (χ3n) is 4.40. The second-order valence-corrected chi connectivity index (χ2v) is 5.86. The number of nitrogens with one attached hydrogen (secondary N) is 1. The molecule has 0 unspecified atom stereocenters. The molecule has 0 spiro atoms. The molecule has 4 aromatic rings. The average molecular weight is 333 g/mol. The van der Waals surface area contributed by atoms with Gasteiger partial charge in [0, 0.05) is 5.39 Å². The second kappa shape index (κ2) is 5.59. The van der Waals surface area contributed by atoms with Gasteiger partial charge >= 0.3 is 5.69 Å². The number of pyridine rings is 1. The van der Waals surface area contributed by atoms with E-state index in [0.29, 0.717) is 17.0 Å². The Labute approximate surface area is 142 Å². The fraction of sp³-hybridized carbons (Fsp3) is 0.105. The number of ether oxygens (including phenoxy) is 1. The Bertz CT molecular complexity index is 1190. The van der Waals surface area contributed by atoms with Gasteiger partial charge in [0.2, 0.25) is 0 Å². The van der Waals surface area contributed by atoms with Gasteiger partial charge in [-0.1, -0.05) is 12.1 Å². The largest absolute Gasteiger partial charge is 0.496 e. The fourth-order valence-electron chi connectivity index (χ4n) is 3.14. The molecule has 4 rings (SSSR count). The molecule has 0 amide bonds. The van der Waals surface area contributed by atoms with Crippen LogP contribution in [0, 0.1) is 6.92 Å². The minimum absolute atomic E-state index is 0.263. The number of carbonyl (C=O) groups is 1. The summed E-state index contributed by atoms with van der Waals surface area (Å²) in [5, 5.41) is 7.45. The summed E-state index contributed by atoms with van der Waals surface area (Å²) in [6.07, 6.45) is 0.781. The van der Waals surface area contributed by atoms with Crippen molar-refractivity contribution < 1.29 is 9.53 Å². The van der Waals surface area contributed by atoms with E-state index in [2.05, 4.69) is 10.2 Å². The molecule has 0 radical (unpaired) electrons. The summed E-state index contributed by atoms with van der Waals surface area (Å²) in [6.45, 7) is 1.98. The van der Waals surface area contributed by atoms with Crippen molar-refractivity contribution >= 4 is 22.8 Å². The van der Waals surface area contributed by atoms with E-state index in [-0.39, 0.29) is 5.69 Å². The molecule has 2 aromatic heterocycles. The van der Waals surface area contributed by atoms with Crippen molar-refractivity contribution in [3.8, 4) is 16.9 Å². The number of carbonyl (C=O) groups excluding carboxylic acids is 1. The van der Waals surface area contributed by atoms with Crippen LogP contribution in [-0.2, 0) is 0 Å². The van der Waals surface area contributed by atoms with Crippen LogP contribution in [0.15, 0.2) is 47.3 Å². The summed E-state index contributed by atoms with van der Waals surface area (Å²) < 4.78 is 6.74. The summed E-state index contributed by atoms with van der Waals surface area (Å²) in [4.78, 5) is 23.3. The monoisotopic (exact) mass is 333 g/mol. The van der Waals surface area contributed by atoms with Crippen LogP contribution < -0.4 is 10.4 Å². The van der Waals surface area contributed by atoms with Gasteiger partial charge < -0.3 is 4.74 Å². The van der Waals surface area contributed by atoms with Gasteiger partial charge in [0.1, 0.15) is 5.75 Å². The highest BCUT2D eigenvalue weighted by Crippen LogP contribution is 2.29. The van der Waals surface area contributed by atoms with Crippen molar-refractivity contribution in [1.29, 1.82) is 0 Å². The van der Waals surface area contributed by atoms with Crippen LogP contribution in [-0.4, -0.2) is 28.0 Å². The zero-order valence-corrected chi connectivity index (χ0v) is 13.7. The lowest BCUT2D eigenvalue weighted by Gasteiger charge is -2.10. The van der Waals surface area contributed by atoms with Gasteiger partial charge in [0.25, 0.3) is 0 Å². The molecule has 2 heterocycles. The van der Waals surface area contributed by atoms with Crippen molar-refractivity contribution in [2.45, 2.75) is 6.92 Å². The van der Waals surface area contributed by atoms with E-state index in [1.807, 2.05) is 37.3 Å². The first-order chi connectivity index (χ1) is 12.1. The van der Waals surface area contributed by atoms with Gasteiger partial charge in [-0.05, 0) is 53.9 Å². The molecule has 6 heteroatoms. The van der Waals surface area contributed by atoms with E-state index in [4.69, 9.17) is 4.74 Å². The molecule has 0 bridgehead atoms. The Balaban J connectivity index is 1.97. The van der Waals surface area contributed by atoms with Crippen molar-refractivity contribution in [2.75, 3.05) is 7.11 Å². The molecule has 0 saturated heterocycles. The van der Waals surface area contributed by atoms with Gasteiger partial charge in [-0.3, -0.25) is 4.79 Å². The normalized spacial score (nSPS) is 11.1. The predicted octanol–water partition coefficient (Wildman–Crippen LogP) is 2.97. The summed E-state index contributed by atoms with van der Waals surface area (Å²) in [5.74, 6) is 0.544. The molecule has 0 fully saturated rings. The summed E-state index contributed by atoms with van der Waals surface area (Å²) in [6, 6.07) is 13.2. The lowest BCUT2D eigenvalue weighted by Crippen LogP contribution is -2.10. The quantitative estimate of drug-likeness (QED) is 0.585. The highest BCUT2D eigenvalue weighted by atomic mass is 16.5. The Morgan fingerprint density at radius 2 is 1.88 bits per heavy atom. The first-order valence-electron chi connectivity index (χ1n) is 7.76. The van der Waals surface area contributed by atoms with Crippen LogP contribution in [0.1, 0.15) is 15.9 Å². The zero-order valence-electron chi connectivity index (χ0n) is 13.7. The standard InChI is InChI=1S/C19H15N3O3/c1-11-7-18-20-21-19(24)22(18)16-5-3-13(9-15(11)16)12-4-6-17(25-2)14(8-12)10-23/h3-10H,1-2H3,(H,21,24). The number of nitrogens with zero attached hydrogens (tertiary/aromatic N) is 2. The number of rotatable bonds is 3. The second-order valence-electron chi connectivity index (χ2n) is 5.86. The van der Waals surface area contributed by atoms with E-state index < -0.39 is 0 Å².